The van der Waals surface area contributed by atoms with Gasteiger partial charge in [-0.05, 0) is 54.1 Å². The molecule has 0 aliphatic rings. The summed E-state index contributed by atoms with van der Waals surface area (Å²) in [6.07, 6.45) is 1.61. The van der Waals surface area contributed by atoms with Crippen LogP contribution in [0, 0.1) is 11.3 Å². The van der Waals surface area contributed by atoms with Gasteiger partial charge in [0.2, 0.25) is 0 Å². The maximum Gasteiger partial charge on any atom is 0.256 e. The molecule has 4 aromatic rings. The zero-order valence-corrected chi connectivity index (χ0v) is 18.0. The molecule has 0 saturated carbocycles. The second kappa shape index (κ2) is 10.5. The van der Waals surface area contributed by atoms with Crippen LogP contribution < -0.4 is 5.32 Å². The molecule has 1 amide bonds. The largest absolute Gasteiger partial charge is 0.467 e. The number of hydrogen-bond donors (Lipinski definition) is 1. The zero-order valence-electron chi connectivity index (χ0n) is 17.2. The second-order valence-electron chi connectivity index (χ2n) is 6.93. The number of carbonyl (C=O) groups is 1. The maximum atomic E-state index is 13.0. The van der Waals surface area contributed by atoms with Crippen LogP contribution in [-0.4, -0.2) is 5.91 Å². The molecule has 6 heteroatoms. The van der Waals surface area contributed by atoms with Crippen molar-refractivity contribution in [2.75, 3.05) is 5.32 Å². The summed E-state index contributed by atoms with van der Waals surface area (Å²) in [5, 5.41) is 12.3. The van der Waals surface area contributed by atoms with Crippen molar-refractivity contribution in [2.45, 2.75) is 23.0 Å². The minimum atomic E-state index is -0.212. The van der Waals surface area contributed by atoms with E-state index in [2.05, 4.69) is 11.4 Å². The Morgan fingerprint density at radius 2 is 1.75 bits per heavy atom. The highest BCUT2D eigenvalue weighted by molar-refractivity contribution is 7.99. The first-order valence-electron chi connectivity index (χ1n) is 9.99. The second-order valence-corrected chi connectivity index (χ2v) is 8.02. The summed E-state index contributed by atoms with van der Waals surface area (Å²) in [4.78, 5) is 14.6. The number of rotatable bonds is 8. The number of carbonyl (C=O) groups excluding carboxylic acids is 1. The molecular formula is C26H20N2O3S. The summed E-state index contributed by atoms with van der Waals surface area (Å²) in [6.45, 7) is 0.792. The summed E-state index contributed by atoms with van der Waals surface area (Å²) in [5.74, 6) is 0.553. The number of benzene rings is 3. The minimum Gasteiger partial charge on any atom is -0.467 e. The molecule has 32 heavy (non-hydrogen) atoms. The van der Waals surface area contributed by atoms with Crippen LogP contribution in [0.2, 0.25) is 0 Å². The van der Waals surface area contributed by atoms with Crippen LogP contribution in [0.25, 0.3) is 0 Å². The molecule has 0 aliphatic carbocycles. The number of amides is 1. The SMILES string of the molecule is N#Cc1ccccc1Sc1ccccc1C(=O)Nc1cccc(COCc2ccco2)c1. The van der Waals surface area contributed by atoms with Crippen LogP contribution in [-0.2, 0) is 18.0 Å². The average molecular weight is 441 g/mol. The lowest BCUT2D eigenvalue weighted by Gasteiger charge is -2.11. The molecule has 1 aromatic heterocycles. The quantitative estimate of drug-likeness (QED) is 0.349. The Morgan fingerprint density at radius 3 is 2.56 bits per heavy atom. The topological polar surface area (TPSA) is 75.3 Å². The minimum absolute atomic E-state index is 0.212. The normalized spacial score (nSPS) is 10.5. The lowest BCUT2D eigenvalue weighted by Crippen LogP contribution is -2.13. The van der Waals surface area contributed by atoms with Crippen LogP contribution in [0.1, 0.15) is 27.2 Å². The first-order chi connectivity index (χ1) is 15.7. The van der Waals surface area contributed by atoms with E-state index >= 15 is 0 Å². The van der Waals surface area contributed by atoms with Gasteiger partial charge >= 0.3 is 0 Å². The lowest BCUT2D eigenvalue weighted by molar-refractivity contribution is 0.0929. The van der Waals surface area contributed by atoms with Gasteiger partial charge in [0.15, 0.2) is 0 Å². The van der Waals surface area contributed by atoms with E-state index in [4.69, 9.17) is 9.15 Å². The highest BCUT2D eigenvalue weighted by Crippen LogP contribution is 2.33. The third-order valence-corrected chi connectivity index (χ3v) is 5.79. The average Bonchev–Trinajstić information content (AvgIpc) is 3.34. The molecule has 0 aliphatic heterocycles. The zero-order chi connectivity index (χ0) is 22.2. The molecule has 4 rings (SSSR count). The van der Waals surface area contributed by atoms with Crippen molar-refractivity contribution in [1.29, 1.82) is 5.26 Å². The first-order valence-corrected chi connectivity index (χ1v) is 10.8. The van der Waals surface area contributed by atoms with E-state index in [9.17, 15) is 10.1 Å². The Hall–Kier alpha value is -3.79. The van der Waals surface area contributed by atoms with E-state index in [0.29, 0.717) is 30.0 Å². The molecule has 0 bridgehead atoms. The summed E-state index contributed by atoms with van der Waals surface area (Å²) >= 11 is 1.40. The van der Waals surface area contributed by atoms with Gasteiger partial charge < -0.3 is 14.5 Å². The first kappa shape index (κ1) is 21.4. The monoisotopic (exact) mass is 440 g/mol. The van der Waals surface area contributed by atoms with E-state index in [1.54, 1.807) is 18.4 Å². The Morgan fingerprint density at radius 1 is 0.938 bits per heavy atom. The van der Waals surface area contributed by atoms with Crippen LogP contribution >= 0.6 is 11.8 Å². The van der Waals surface area contributed by atoms with Gasteiger partial charge in [-0.2, -0.15) is 5.26 Å². The van der Waals surface area contributed by atoms with Crippen LogP contribution in [0.3, 0.4) is 0 Å². The van der Waals surface area contributed by atoms with Gasteiger partial charge in [0.05, 0.1) is 24.0 Å². The Kier molecular flexibility index (Phi) is 7.03. The molecule has 0 radical (unpaired) electrons. The van der Waals surface area contributed by atoms with Crippen molar-refractivity contribution in [3.8, 4) is 6.07 Å². The fourth-order valence-corrected chi connectivity index (χ4v) is 4.14. The molecule has 1 N–H and O–H groups in total. The standard InChI is InChI=1S/C26H20N2O3S/c27-16-20-8-1-3-12-24(20)32-25-13-4-2-11-23(25)26(29)28-21-9-5-7-19(15-21)17-30-18-22-10-6-14-31-22/h1-15H,17-18H2,(H,28,29). The van der Waals surface area contributed by atoms with E-state index in [0.717, 1.165) is 21.1 Å². The van der Waals surface area contributed by atoms with Crippen molar-refractivity contribution in [2.24, 2.45) is 0 Å². The molecule has 3 aromatic carbocycles. The summed E-state index contributed by atoms with van der Waals surface area (Å²) < 4.78 is 10.9. The van der Waals surface area contributed by atoms with E-state index < -0.39 is 0 Å². The number of nitrogens with zero attached hydrogens (tertiary/aromatic N) is 1. The molecule has 0 atom stereocenters. The van der Waals surface area contributed by atoms with E-state index in [1.807, 2.05) is 72.8 Å². The van der Waals surface area contributed by atoms with Gasteiger partial charge in [0, 0.05) is 15.5 Å². The molecule has 0 unspecified atom stereocenters. The van der Waals surface area contributed by atoms with Crippen molar-refractivity contribution in [3.05, 3.63) is 114 Å². The molecule has 5 nitrogen and oxygen atoms in total. The molecular weight excluding hydrogens is 420 g/mol. The predicted octanol–water partition coefficient (Wildman–Crippen LogP) is 6.27. The van der Waals surface area contributed by atoms with E-state index in [1.165, 1.54) is 11.8 Å². The number of nitrogens with one attached hydrogen (secondary N) is 1. The fourth-order valence-electron chi connectivity index (χ4n) is 3.11. The third kappa shape index (κ3) is 5.46. The van der Waals surface area contributed by atoms with Crippen molar-refractivity contribution < 1.29 is 13.9 Å². The number of hydrogen-bond acceptors (Lipinski definition) is 5. The van der Waals surface area contributed by atoms with Crippen LogP contribution in [0.4, 0.5) is 5.69 Å². The molecule has 0 saturated heterocycles. The van der Waals surface area contributed by atoms with Gasteiger partial charge in [0.1, 0.15) is 18.4 Å². The number of ether oxygens (including phenoxy) is 1. The lowest BCUT2D eigenvalue weighted by atomic mass is 10.2. The van der Waals surface area contributed by atoms with Gasteiger partial charge in [-0.15, -0.1) is 0 Å². The molecule has 0 spiro atoms. The van der Waals surface area contributed by atoms with Crippen molar-refractivity contribution in [1.82, 2.24) is 0 Å². The van der Waals surface area contributed by atoms with Crippen LogP contribution in [0.5, 0.6) is 0 Å². The number of furan rings is 1. The number of nitriles is 1. The third-order valence-electron chi connectivity index (χ3n) is 4.64. The van der Waals surface area contributed by atoms with Crippen LogP contribution in [0.15, 0.2) is 105 Å². The highest BCUT2D eigenvalue weighted by Gasteiger charge is 2.14. The smallest absolute Gasteiger partial charge is 0.256 e. The van der Waals surface area contributed by atoms with Gasteiger partial charge in [-0.1, -0.05) is 48.2 Å². The summed E-state index contributed by atoms with van der Waals surface area (Å²) in [6, 6.07) is 28.2. The summed E-state index contributed by atoms with van der Waals surface area (Å²) in [5.41, 5.74) is 2.76. The van der Waals surface area contributed by atoms with E-state index in [-0.39, 0.29) is 5.91 Å². The van der Waals surface area contributed by atoms with Gasteiger partial charge in [-0.25, -0.2) is 0 Å². The molecule has 0 fully saturated rings. The van der Waals surface area contributed by atoms with Gasteiger partial charge in [0.25, 0.3) is 5.91 Å². The summed E-state index contributed by atoms with van der Waals surface area (Å²) in [7, 11) is 0. The number of anilines is 1. The predicted molar refractivity (Wildman–Crippen MR) is 123 cm³/mol. The maximum absolute atomic E-state index is 13.0. The molecule has 158 valence electrons. The van der Waals surface area contributed by atoms with Crippen molar-refractivity contribution >= 4 is 23.4 Å². The highest BCUT2D eigenvalue weighted by atomic mass is 32.2. The Labute approximate surface area is 190 Å². The molecule has 1 heterocycles. The van der Waals surface area contributed by atoms with Gasteiger partial charge in [-0.3, -0.25) is 4.79 Å². The fraction of sp³-hybridized carbons (Fsp3) is 0.0769. The Bertz CT molecular complexity index is 1250. The Balaban J connectivity index is 1.45. The van der Waals surface area contributed by atoms with Crippen molar-refractivity contribution in [3.63, 3.8) is 0 Å².